The number of fused-ring (bicyclic) bond motifs is 1. The van der Waals surface area contributed by atoms with Crippen LogP contribution in [-0.2, 0) is 4.79 Å². The Bertz CT molecular complexity index is 905. The van der Waals surface area contributed by atoms with E-state index in [1.807, 2.05) is 6.92 Å². The summed E-state index contributed by atoms with van der Waals surface area (Å²) in [7, 11) is 0. The van der Waals surface area contributed by atoms with Crippen LogP contribution >= 0.6 is 0 Å². The van der Waals surface area contributed by atoms with Crippen molar-refractivity contribution in [3.05, 3.63) is 65.4 Å². The summed E-state index contributed by atoms with van der Waals surface area (Å²) in [6.07, 6.45) is 3.53. The number of halogens is 1. The quantitative estimate of drug-likeness (QED) is 0.787. The number of rotatable bonds is 2. The molecule has 0 fully saturated rings. The molecule has 1 aliphatic heterocycles. The molecular formula is C17H14FN5O. The predicted molar refractivity (Wildman–Crippen MR) is 85.4 cm³/mol. The largest absolute Gasteiger partial charge is 0.310 e. The molecule has 6 nitrogen and oxygen atoms in total. The van der Waals surface area contributed by atoms with Gasteiger partial charge in [0, 0.05) is 30.3 Å². The standard InChI is InChI=1S/C17H14FN5O/c1-10-15-13(11-3-5-12(18)6-4-11)9-14(24)21-16(15)23(22-10)17-19-7-2-8-20-17/h2-8,13H,9H2,1H3,(H,21,24). The van der Waals surface area contributed by atoms with Gasteiger partial charge in [-0.05, 0) is 30.7 Å². The van der Waals surface area contributed by atoms with E-state index in [1.165, 1.54) is 16.8 Å². The first kappa shape index (κ1) is 14.5. The van der Waals surface area contributed by atoms with Crippen LogP contribution < -0.4 is 5.32 Å². The van der Waals surface area contributed by atoms with E-state index in [0.29, 0.717) is 18.2 Å². The summed E-state index contributed by atoms with van der Waals surface area (Å²) in [5.74, 6) is 0.372. The molecule has 7 heteroatoms. The van der Waals surface area contributed by atoms with Crippen LogP contribution in [0, 0.1) is 12.7 Å². The SMILES string of the molecule is Cc1nn(-c2ncccn2)c2c1C(c1ccc(F)cc1)CC(=O)N2. The van der Waals surface area contributed by atoms with Crippen molar-refractivity contribution in [1.29, 1.82) is 0 Å². The molecule has 0 radical (unpaired) electrons. The summed E-state index contributed by atoms with van der Waals surface area (Å²) >= 11 is 0. The van der Waals surface area contributed by atoms with Crippen molar-refractivity contribution < 1.29 is 9.18 Å². The van der Waals surface area contributed by atoms with E-state index in [-0.39, 0.29) is 17.6 Å². The molecule has 1 amide bonds. The van der Waals surface area contributed by atoms with Gasteiger partial charge in [0.15, 0.2) is 0 Å². The van der Waals surface area contributed by atoms with Crippen molar-refractivity contribution in [3.63, 3.8) is 0 Å². The summed E-state index contributed by atoms with van der Waals surface area (Å²) in [6, 6.07) is 7.94. The maximum Gasteiger partial charge on any atom is 0.252 e. The highest BCUT2D eigenvalue weighted by molar-refractivity contribution is 5.95. The first-order valence-electron chi connectivity index (χ1n) is 7.55. The van der Waals surface area contributed by atoms with Crippen LogP contribution in [-0.4, -0.2) is 25.7 Å². The number of aromatic nitrogens is 4. The van der Waals surface area contributed by atoms with Crippen LogP contribution in [0.1, 0.15) is 29.2 Å². The van der Waals surface area contributed by atoms with Crippen molar-refractivity contribution in [1.82, 2.24) is 19.7 Å². The Hall–Kier alpha value is -3.09. The summed E-state index contributed by atoms with van der Waals surface area (Å²) in [4.78, 5) is 20.6. The monoisotopic (exact) mass is 323 g/mol. The predicted octanol–water partition coefficient (Wildman–Crippen LogP) is 2.58. The zero-order valence-corrected chi connectivity index (χ0v) is 12.9. The summed E-state index contributed by atoms with van der Waals surface area (Å²) in [6.45, 7) is 1.88. The molecule has 1 atom stereocenters. The fourth-order valence-corrected chi connectivity index (χ4v) is 3.07. The molecule has 4 rings (SSSR count). The molecular weight excluding hydrogens is 309 g/mol. The number of nitrogens with zero attached hydrogens (tertiary/aromatic N) is 4. The number of aryl methyl sites for hydroxylation is 1. The number of nitrogens with one attached hydrogen (secondary N) is 1. The average Bonchev–Trinajstić information content (AvgIpc) is 2.92. The Labute approximate surface area is 137 Å². The molecule has 24 heavy (non-hydrogen) atoms. The van der Waals surface area contributed by atoms with Crippen LogP contribution in [0.2, 0.25) is 0 Å². The lowest BCUT2D eigenvalue weighted by atomic mass is 9.86. The zero-order chi connectivity index (χ0) is 16.7. The van der Waals surface area contributed by atoms with Gasteiger partial charge in [0.2, 0.25) is 5.91 Å². The molecule has 0 spiro atoms. The fraction of sp³-hybridized carbons (Fsp3) is 0.176. The van der Waals surface area contributed by atoms with Crippen LogP contribution in [0.5, 0.6) is 0 Å². The van der Waals surface area contributed by atoms with Gasteiger partial charge in [-0.15, -0.1) is 0 Å². The maximum absolute atomic E-state index is 13.2. The minimum absolute atomic E-state index is 0.117. The highest BCUT2D eigenvalue weighted by atomic mass is 19.1. The Morgan fingerprint density at radius 2 is 1.92 bits per heavy atom. The lowest BCUT2D eigenvalue weighted by Gasteiger charge is -2.24. The Balaban J connectivity index is 1.87. The molecule has 1 aliphatic rings. The molecule has 0 saturated carbocycles. The second kappa shape index (κ2) is 5.52. The molecule has 3 heterocycles. The van der Waals surface area contributed by atoms with Gasteiger partial charge in [0.1, 0.15) is 11.6 Å². The van der Waals surface area contributed by atoms with E-state index < -0.39 is 0 Å². The lowest BCUT2D eigenvalue weighted by molar-refractivity contribution is -0.116. The number of amides is 1. The zero-order valence-electron chi connectivity index (χ0n) is 12.9. The third-order valence-electron chi connectivity index (χ3n) is 4.12. The second-order valence-electron chi connectivity index (χ2n) is 5.66. The van der Waals surface area contributed by atoms with Crippen molar-refractivity contribution >= 4 is 11.7 Å². The summed E-state index contributed by atoms with van der Waals surface area (Å²) in [5, 5.41) is 7.36. The van der Waals surface area contributed by atoms with Gasteiger partial charge >= 0.3 is 0 Å². The minimum atomic E-state index is -0.302. The summed E-state index contributed by atoms with van der Waals surface area (Å²) < 4.78 is 14.8. The third kappa shape index (κ3) is 2.34. The average molecular weight is 323 g/mol. The van der Waals surface area contributed by atoms with Crippen LogP contribution in [0.15, 0.2) is 42.7 Å². The first-order chi connectivity index (χ1) is 11.6. The van der Waals surface area contributed by atoms with E-state index in [1.54, 1.807) is 30.6 Å². The summed E-state index contributed by atoms with van der Waals surface area (Å²) in [5.41, 5.74) is 2.57. The number of hydrogen-bond donors (Lipinski definition) is 1. The number of benzene rings is 1. The number of hydrogen-bond acceptors (Lipinski definition) is 4. The Kier molecular flexibility index (Phi) is 3.34. The second-order valence-corrected chi connectivity index (χ2v) is 5.66. The van der Waals surface area contributed by atoms with E-state index in [2.05, 4.69) is 20.4 Å². The molecule has 2 aromatic heterocycles. The number of anilines is 1. The smallest absolute Gasteiger partial charge is 0.252 e. The number of carbonyl (C=O) groups is 1. The maximum atomic E-state index is 13.2. The van der Waals surface area contributed by atoms with Gasteiger partial charge in [-0.3, -0.25) is 4.79 Å². The van der Waals surface area contributed by atoms with Crippen LogP contribution in [0.25, 0.3) is 5.95 Å². The van der Waals surface area contributed by atoms with E-state index >= 15 is 0 Å². The van der Waals surface area contributed by atoms with Gasteiger partial charge in [-0.1, -0.05) is 12.1 Å². The molecule has 0 saturated heterocycles. The van der Waals surface area contributed by atoms with E-state index in [0.717, 1.165) is 16.8 Å². The van der Waals surface area contributed by atoms with E-state index in [4.69, 9.17) is 0 Å². The Morgan fingerprint density at radius 3 is 2.62 bits per heavy atom. The molecule has 1 unspecified atom stereocenters. The number of carbonyl (C=O) groups excluding carboxylic acids is 1. The first-order valence-corrected chi connectivity index (χ1v) is 7.55. The Morgan fingerprint density at radius 1 is 1.21 bits per heavy atom. The topological polar surface area (TPSA) is 72.7 Å². The molecule has 0 aliphatic carbocycles. The van der Waals surface area contributed by atoms with Crippen molar-refractivity contribution in [3.8, 4) is 5.95 Å². The van der Waals surface area contributed by atoms with Gasteiger partial charge in [0.05, 0.1) is 5.69 Å². The van der Waals surface area contributed by atoms with Gasteiger partial charge < -0.3 is 5.32 Å². The van der Waals surface area contributed by atoms with Gasteiger partial charge in [-0.25, -0.2) is 14.4 Å². The normalized spacial score (nSPS) is 16.6. The molecule has 1 N–H and O–H groups in total. The highest BCUT2D eigenvalue weighted by Gasteiger charge is 2.33. The fourth-order valence-electron chi connectivity index (χ4n) is 3.07. The van der Waals surface area contributed by atoms with Gasteiger partial charge in [0.25, 0.3) is 5.95 Å². The molecule has 1 aromatic carbocycles. The molecule has 120 valence electrons. The van der Waals surface area contributed by atoms with Crippen LogP contribution in [0.4, 0.5) is 10.2 Å². The third-order valence-corrected chi connectivity index (χ3v) is 4.12. The van der Waals surface area contributed by atoms with Crippen molar-refractivity contribution in [2.75, 3.05) is 5.32 Å². The highest BCUT2D eigenvalue weighted by Crippen LogP contribution is 2.39. The molecule has 3 aromatic rings. The minimum Gasteiger partial charge on any atom is -0.310 e. The molecule has 0 bridgehead atoms. The van der Waals surface area contributed by atoms with Crippen molar-refractivity contribution in [2.24, 2.45) is 0 Å². The van der Waals surface area contributed by atoms with Crippen molar-refractivity contribution in [2.45, 2.75) is 19.3 Å². The van der Waals surface area contributed by atoms with Crippen LogP contribution in [0.3, 0.4) is 0 Å². The lowest BCUT2D eigenvalue weighted by Crippen LogP contribution is -2.25. The van der Waals surface area contributed by atoms with Gasteiger partial charge in [-0.2, -0.15) is 9.78 Å². The van der Waals surface area contributed by atoms with E-state index in [9.17, 15) is 9.18 Å².